The van der Waals surface area contributed by atoms with E-state index in [0.29, 0.717) is 12.1 Å². The fraction of sp³-hybridized carbons (Fsp3) is 0.800. The van der Waals surface area contributed by atoms with Gasteiger partial charge in [-0.1, -0.05) is 6.92 Å². The van der Waals surface area contributed by atoms with Gasteiger partial charge in [-0.05, 0) is 39.9 Å². The SMILES string of the molecule is CCNC1CCCc2nc(C3CN(C)CCN3C)sc21. The molecule has 1 aromatic rings. The summed E-state index contributed by atoms with van der Waals surface area (Å²) in [4.78, 5) is 11.4. The number of thiazole rings is 1. The Labute approximate surface area is 126 Å². The number of rotatable bonds is 3. The minimum absolute atomic E-state index is 0.478. The zero-order valence-electron chi connectivity index (χ0n) is 12.9. The number of piperazine rings is 1. The third-order valence-electron chi connectivity index (χ3n) is 4.55. The van der Waals surface area contributed by atoms with Gasteiger partial charge in [0.15, 0.2) is 0 Å². The summed E-state index contributed by atoms with van der Waals surface area (Å²) >= 11 is 1.95. The summed E-state index contributed by atoms with van der Waals surface area (Å²) in [6.45, 7) is 6.65. The average molecular weight is 294 g/mol. The van der Waals surface area contributed by atoms with Gasteiger partial charge in [0.2, 0.25) is 0 Å². The molecule has 112 valence electrons. The van der Waals surface area contributed by atoms with Crippen molar-refractivity contribution in [1.82, 2.24) is 20.1 Å². The Hall–Kier alpha value is -0.490. The van der Waals surface area contributed by atoms with Gasteiger partial charge < -0.3 is 10.2 Å². The predicted molar refractivity (Wildman–Crippen MR) is 84.3 cm³/mol. The van der Waals surface area contributed by atoms with Gasteiger partial charge in [-0.15, -0.1) is 11.3 Å². The van der Waals surface area contributed by atoms with Crippen LogP contribution in [0.4, 0.5) is 0 Å². The maximum Gasteiger partial charge on any atom is 0.112 e. The Morgan fingerprint density at radius 1 is 1.35 bits per heavy atom. The molecule has 0 radical (unpaired) electrons. The first-order chi connectivity index (χ1) is 9.69. The van der Waals surface area contributed by atoms with Crippen LogP contribution < -0.4 is 5.32 Å². The van der Waals surface area contributed by atoms with Crippen LogP contribution in [0.3, 0.4) is 0 Å². The van der Waals surface area contributed by atoms with E-state index in [-0.39, 0.29) is 0 Å². The molecule has 1 aliphatic heterocycles. The number of likely N-dealkylation sites (N-methyl/N-ethyl adjacent to an activating group) is 2. The number of hydrogen-bond acceptors (Lipinski definition) is 5. The fourth-order valence-corrected chi connectivity index (χ4v) is 4.68. The van der Waals surface area contributed by atoms with E-state index in [1.807, 2.05) is 11.3 Å². The Balaban J connectivity index is 1.84. The molecular formula is C15H26N4S. The van der Waals surface area contributed by atoms with E-state index in [4.69, 9.17) is 4.98 Å². The van der Waals surface area contributed by atoms with Gasteiger partial charge in [-0.25, -0.2) is 4.98 Å². The number of hydrogen-bond donors (Lipinski definition) is 1. The third kappa shape index (κ3) is 2.77. The van der Waals surface area contributed by atoms with Gasteiger partial charge in [0.1, 0.15) is 5.01 Å². The van der Waals surface area contributed by atoms with Crippen LogP contribution in [0, 0.1) is 0 Å². The van der Waals surface area contributed by atoms with Crippen LogP contribution >= 0.6 is 11.3 Å². The minimum atomic E-state index is 0.478. The summed E-state index contributed by atoms with van der Waals surface area (Å²) in [5.74, 6) is 0. The van der Waals surface area contributed by atoms with E-state index in [2.05, 4.69) is 36.1 Å². The van der Waals surface area contributed by atoms with Crippen LogP contribution in [0.5, 0.6) is 0 Å². The molecule has 1 saturated heterocycles. The van der Waals surface area contributed by atoms with Gasteiger partial charge in [0.05, 0.1) is 11.7 Å². The van der Waals surface area contributed by atoms with Crippen molar-refractivity contribution >= 4 is 11.3 Å². The molecule has 2 heterocycles. The first-order valence-electron chi connectivity index (χ1n) is 7.80. The predicted octanol–water partition coefficient (Wildman–Crippen LogP) is 2.05. The number of nitrogens with one attached hydrogen (secondary N) is 1. The molecule has 20 heavy (non-hydrogen) atoms. The van der Waals surface area contributed by atoms with Crippen molar-refractivity contribution in [3.63, 3.8) is 0 Å². The quantitative estimate of drug-likeness (QED) is 0.924. The van der Waals surface area contributed by atoms with E-state index in [1.54, 1.807) is 0 Å². The molecule has 1 N–H and O–H groups in total. The van der Waals surface area contributed by atoms with Crippen LogP contribution in [0.25, 0.3) is 0 Å². The fourth-order valence-electron chi connectivity index (χ4n) is 3.30. The van der Waals surface area contributed by atoms with Crippen LogP contribution in [-0.4, -0.2) is 55.1 Å². The Morgan fingerprint density at radius 3 is 3.00 bits per heavy atom. The number of fused-ring (bicyclic) bond motifs is 1. The van der Waals surface area contributed by atoms with Crippen molar-refractivity contribution in [2.24, 2.45) is 0 Å². The maximum absolute atomic E-state index is 5.00. The molecule has 5 heteroatoms. The average Bonchev–Trinajstić information content (AvgIpc) is 2.87. The van der Waals surface area contributed by atoms with Gasteiger partial charge >= 0.3 is 0 Å². The first-order valence-corrected chi connectivity index (χ1v) is 8.62. The summed E-state index contributed by atoms with van der Waals surface area (Å²) < 4.78 is 0. The monoisotopic (exact) mass is 294 g/mol. The molecule has 0 aromatic carbocycles. The van der Waals surface area contributed by atoms with Crippen molar-refractivity contribution in [1.29, 1.82) is 0 Å². The molecule has 0 bridgehead atoms. The number of aryl methyl sites for hydroxylation is 1. The molecule has 1 fully saturated rings. The second kappa shape index (κ2) is 6.10. The summed E-state index contributed by atoms with van der Waals surface area (Å²) in [6, 6.07) is 1.02. The normalized spacial score (nSPS) is 28.6. The topological polar surface area (TPSA) is 31.4 Å². The molecule has 3 rings (SSSR count). The summed E-state index contributed by atoms with van der Waals surface area (Å²) in [5.41, 5.74) is 1.36. The lowest BCUT2D eigenvalue weighted by molar-refractivity contribution is 0.115. The van der Waals surface area contributed by atoms with Crippen molar-refractivity contribution in [3.8, 4) is 0 Å². The highest BCUT2D eigenvalue weighted by Crippen LogP contribution is 2.37. The smallest absolute Gasteiger partial charge is 0.112 e. The van der Waals surface area contributed by atoms with Gasteiger partial charge in [0.25, 0.3) is 0 Å². The summed E-state index contributed by atoms with van der Waals surface area (Å²) in [7, 11) is 4.45. The van der Waals surface area contributed by atoms with E-state index in [0.717, 1.165) is 26.2 Å². The lowest BCUT2D eigenvalue weighted by atomic mass is 9.98. The van der Waals surface area contributed by atoms with Crippen molar-refractivity contribution in [3.05, 3.63) is 15.6 Å². The summed E-state index contributed by atoms with van der Waals surface area (Å²) in [5, 5.41) is 4.95. The van der Waals surface area contributed by atoms with E-state index in [9.17, 15) is 0 Å². The Bertz CT molecular complexity index is 459. The molecule has 2 unspecified atom stereocenters. The molecule has 0 spiro atoms. The molecule has 0 amide bonds. The highest BCUT2D eigenvalue weighted by Gasteiger charge is 2.30. The van der Waals surface area contributed by atoms with Gasteiger partial charge in [-0.3, -0.25) is 4.90 Å². The van der Waals surface area contributed by atoms with Crippen LogP contribution in [0.15, 0.2) is 0 Å². The molecular weight excluding hydrogens is 268 g/mol. The van der Waals surface area contributed by atoms with Crippen LogP contribution in [-0.2, 0) is 6.42 Å². The second-order valence-electron chi connectivity index (χ2n) is 6.12. The molecule has 0 saturated carbocycles. The maximum atomic E-state index is 5.00. The molecule has 2 aliphatic rings. The van der Waals surface area contributed by atoms with Gasteiger partial charge in [0, 0.05) is 30.6 Å². The Kier molecular flexibility index (Phi) is 4.40. The third-order valence-corrected chi connectivity index (χ3v) is 5.87. The zero-order chi connectivity index (χ0) is 14.1. The minimum Gasteiger partial charge on any atom is -0.309 e. The lowest BCUT2D eigenvalue weighted by Gasteiger charge is -2.36. The van der Waals surface area contributed by atoms with E-state index < -0.39 is 0 Å². The van der Waals surface area contributed by atoms with E-state index in [1.165, 1.54) is 34.8 Å². The molecule has 1 aliphatic carbocycles. The van der Waals surface area contributed by atoms with Crippen molar-refractivity contribution in [2.75, 3.05) is 40.3 Å². The molecule has 2 atom stereocenters. The zero-order valence-corrected chi connectivity index (χ0v) is 13.7. The lowest BCUT2D eigenvalue weighted by Crippen LogP contribution is -2.44. The van der Waals surface area contributed by atoms with E-state index >= 15 is 0 Å². The molecule has 4 nitrogen and oxygen atoms in total. The van der Waals surface area contributed by atoms with Crippen molar-refractivity contribution < 1.29 is 0 Å². The van der Waals surface area contributed by atoms with Crippen LogP contribution in [0.1, 0.15) is 47.4 Å². The largest absolute Gasteiger partial charge is 0.309 e. The highest BCUT2D eigenvalue weighted by molar-refractivity contribution is 7.12. The number of nitrogens with zero attached hydrogens (tertiary/aromatic N) is 3. The van der Waals surface area contributed by atoms with Crippen molar-refractivity contribution in [2.45, 2.75) is 38.3 Å². The second-order valence-corrected chi connectivity index (χ2v) is 7.19. The summed E-state index contributed by atoms with van der Waals surface area (Å²) in [6.07, 6.45) is 3.71. The Morgan fingerprint density at radius 2 is 2.20 bits per heavy atom. The standard InChI is InChI=1S/C15H26N4S/c1-4-16-11-6-5-7-12-14(11)20-15(17-12)13-10-18(2)8-9-19(13)3/h11,13,16H,4-10H2,1-3H3. The molecule has 1 aromatic heterocycles. The van der Waals surface area contributed by atoms with Crippen LogP contribution in [0.2, 0.25) is 0 Å². The number of aromatic nitrogens is 1. The van der Waals surface area contributed by atoms with Gasteiger partial charge in [-0.2, -0.15) is 0 Å². The first kappa shape index (κ1) is 14.4. The highest BCUT2D eigenvalue weighted by atomic mass is 32.1.